The maximum absolute atomic E-state index is 11.0. The van der Waals surface area contributed by atoms with Crippen LogP contribution in [0.4, 0.5) is 0 Å². The molecule has 0 saturated heterocycles. The van der Waals surface area contributed by atoms with Crippen LogP contribution in [0.3, 0.4) is 0 Å². The Labute approximate surface area is 105 Å². The van der Waals surface area contributed by atoms with Gasteiger partial charge in [0, 0.05) is 24.2 Å². The van der Waals surface area contributed by atoms with Crippen LogP contribution in [0.2, 0.25) is 0 Å². The summed E-state index contributed by atoms with van der Waals surface area (Å²) in [7, 11) is 0. The van der Waals surface area contributed by atoms with Crippen LogP contribution in [-0.2, 0) is 4.79 Å². The summed E-state index contributed by atoms with van der Waals surface area (Å²) in [6.45, 7) is 3.87. The molecule has 1 atom stereocenters. The van der Waals surface area contributed by atoms with E-state index in [2.05, 4.69) is 15.3 Å². The molecule has 0 fully saturated rings. The average molecular weight is 255 g/mol. The van der Waals surface area contributed by atoms with Gasteiger partial charge in [0.2, 0.25) is 0 Å². The average Bonchev–Trinajstić information content (AvgIpc) is 2.28. The fourth-order valence-corrected chi connectivity index (χ4v) is 2.16. The number of hydrogen-bond donors (Lipinski definition) is 2. The lowest BCUT2D eigenvalue weighted by Gasteiger charge is -2.16. The first-order valence-electron chi connectivity index (χ1n) is 5.47. The highest BCUT2D eigenvalue weighted by atomic mass is 32.2. The summed E-state index contributed by atoms with van der Waals surface area (Å²) in [4.78, 5) is 19.0. The lowest BCUT2D eigenvalue weighted by molar-refractivity contribution is -0.139. The standard InChI is InChI=1S/C11H17N3O2S/c1-8(2)14-9(11(15)16)3-6-17-10-7-12-4-5-13-10/h4-5,7-9,14H,3,6H2,1-2H3,(H,15,16). The molecule has 0 aliphatic heterocycles. The number of nitrogens with zero attached hydrogens (tertiary/aromatic N) is 2. The molecular formula is C11H17N3O2S. The number of aromatic nitrogens is 2. The van der Waals surface area contributed by atoms with Gasteiger partial charge >= 0.3 is 5.97 Å². The lowest BCUT2D eigenvalue weighted by atomic mass is 10.2. The molecule has 0 amide bonds. The van der Waals surface area contributed by atoms with Crippen molar-refractivity contribution < 1.29 is 9.90 Å². The number of hydrogen-bond acceptors (Lipinski definition) is 5. The van der Waals surface area contributed by atoms with Gasteiger partial charge in [-0.15, -0.1) is 11.8 Å². The molecule has 0 spiro atoms. The van der Waals surface area contributed by atoms with E-state index in [1.165, 1.54) is 11.8 Å². The molecular weight excluding hydrogens is 238 g/mol. The van der Waals surface area contributed by atoms with Crippen LogP contribution in [0.25, 0.3) is 0 Å². The summed E-state index contributed by atoms with van der Waals surface area (Å²) in [6.07, 6.45) is 5.48. The van der Waals surface area contributed by atoms with Gasteiger partial charge in [-0.1, -0.05) is 13.8 Å². The van der Waals surface area contributed by atoms with Gasteiger partial charge in [-0.3, -0.25) is 9.78 Å². The molecule has 6 heteroatoms. The number of rotatable bonds is 7. The molecule has 2 N–H and O–H groups in total. The Hall–Kier alpha value is -1.14. The number of carbonyl (C=O) groups is 1. The van der Waals surface area contributed by atoms with Crippen LogP contribution in [0.1, 0.15) is 20.3 Å². The van der Waals surface area contributed by atoms with Gasteiger partial charge < -0.3 is 10.4 Å². The van der Waals surface area contributed by atoms with E-state index in [0.717, 1.165) is 5.03 Å². The monoisotopic (exact) mass is 255 g/mol. The minimum atomic E-state index is -0.807. The van der Waals surface area contributed by atoms with Gasteiger partial charge in [0.25, 0.3) is 0 Å². The van der Waals surface area contributed by atoms with Crippen LogP contribution < -0.4 is 5.32 Å². The maximum Gasteiger partial charge on any atom is 0.320 e. The molecule has 0 radical (unpaired) electrons. The number of nitrogens with one attached hydrogen (secondary N) is 1. The Morgan fingerprint density at radius 1 is 1.53 bits per heavy atom. The maximum atomic E-state index is 11.0. The second-order valence-corrected chi connectivity index (χ2v) is 5.01. The van der Waals surface area contributed by atoms with Crippen molar-refractivity contribution in [3.05, 3.63) is 18.6 Å². The quantitative estimate of drug-likeness (QED) is 0.718. The van der Waals surface area contributed by atoms with Crippen LogP contribution in [0.15, 0.2) is 23.6 Å². The Balaban J connectivity index is 2.35. The van der Waals surface area contributed by atoms with Crippen molar-refractivity contribution in [2.24, 2.45) is 0 Å². The van der Waals surface area contributed by atoms with E-state index in [4.69, 9.17) is 5.11 Å². The molecule has 1 aromatic rings. The number of carboxylic acids is 1. The summed E-state index contributed by atoms with van der Waals surface area (Å²) in [5, 5.41) is 12.9. The van der Waals surface area contributed by atoms with Crippen molar-refractivity contribution >= 4 is 17.7 Å². The summed E-state index contributed by atoms with van der Waals surface area (Å²) in [6, 6.07) is -0.336. The summed E-state index contributed by atoms with van der Waals surface area (Å²) < 4.78 is 0. The van der Waals surface area contributed by atoms with E-state index in [1.54, 1.807) is 18.6 Å². The van der Waals surface area contributed by atoms with E-state index < -0.39 is 12.0 Å². The lowest BCUT2D eigenvalue weighted by Crippen LogP contribution is -2.41. The summed E-state index contributed by atoms with van der Waals surface area (Å²) in [5.74, 6) is -0.103. The van der Waals surface area contributed by atoms with E-state index in [-0.39, 0.29) is 6.04 Å². The molecule has 5 nitrogen and oxygen atoms in total. The fourth-order valence-electron chi connectivity index (χ4n) is 1.32. The van der Waals surface area contributed by atoms with E-state index >= 15 is 0 Å². The minimum Gasteiger partial charge on any atom is -0.480 e. The highest BCUT2D eigenvalue weighted by Gasteiger charge is 2.17. The predicted molar refractivity (Wildman–Crippen MR) is 67.1 cm³/mol. The van der Waals surface area contributed by atoms with Gasteiger partial charge in [0.05, 0.1) is 6.20 Å². The fraction of sp³-hybridized carbons (Fsp3) is 0.545. The predicted octanol–water partition coefficient (Wildman–Crippen LogP) is 1.41. The molecule has 1 aromatic heterocycles. The summed E-state index contributed by atoms with van der Waals surface area (Å²) >= 11 is 1.52. The largest absolute Gasteiger partial charge is 0.480 e. The molecule has 0 aromatic carbocycles. The van der Waals surface area contributed by atoms with Crippen molar-refractivity contribution in [2.75, 3.05) is 5.75 Å². The molecule has 1 unspecified atom stereocenters. The summed E-state index contributed by atoms with van der Waals surface area (Å²) in [5.41, 5.74) is 0. The molecule has 0 saturated carbocycles. The van der Waals surface area contributed by atoms with Gasteiger partial charge in [-0.05, 0) is 6.42 Å². The topological polar surface area (TPSA) is 75.1 Å². The van der Waals surface area contributed by atoms with E-state index in [1.807, 2.05) is 13.8 Å². The first-order valence-corrected chi connectivity index (χ1v) is 6.46. The zero-order valence-corrected chi connectivity index (χ0v) is 10.8. The van der Waals surface area contributed by atoms with Crippen molar-refractivity contribution in [3.63, 3.8) is 0 Å². The van der Waals surface area contributed by atoms with Crippen molar-refractivity contribution in [2.45, 2.75) is 37.4 Å². The third-order valence-corrected chi connectivity index (χ3v) is 2.97. The van der Waals surface area contributed by atoms with Crippen LogP contribution in [-0.4, -0.2) is 38.9 Å². The van der Waals surface area contributed by atoms with Crippen molar-refractivity contribution in [1.82, 2.24) is 15.3 Å². The second-order valence-electron chi connectivity index (χ2n) is 3.89. The SMILES string of the molecule is CC(C)NC(CCSc1cnccn1)C(=O)O. The molecule has 1 heterocycles. The second kappa shape index (κ2) is 7.24. The van der Waals surface area contributed by atoms with Crippen LogP contribution in [0, 0.1) is 0 Å². The first kappa shape index (κ1) is 13.9. The molecule has 0 aliphatic carbocycles. The molecule has 0 aliphatic rings. The van der Waals surface area contributed by atoms with E-state index in [9.17, 15) is 4.79 Å². The smallest absolute Gasteiger partial charge is 0.320 e. The van der Waals surface area contributed by atoms with Gasteiger partial charge in [0.1, 0.15) is 11.1 Å². The Kier molecular flexibility index (Phi) is 5.93. The number of thioether (sulfide) groups is 1. The minimum absolute atomic E-state index is 0.164. The van der Waals surface area contributed by atoms with Crippen molar-refractivity contribution in [1.29, 1.82) is 0 Å². The zero-order valence-electron chi connectivity index (χ0n) is 9.96. The van der Waals surface area contributed by atoms with Gasteiger partial charge in [-0.2, -0.15) is 0 Å². The van der Waals surface area contributed by atoms with Crippen LogP contribution in [0.5, 0.6) is 0 Å². The van der Waals surface area contributed by atoms with Gasteiger partial charge in [-0.25, -0.2) is 4.98 Å². The van der Waals surface area contributed by atoms with E-state index in [0.29, 0.717) is 12.2 Å². The Morgan fingerprint density at radius 3 is 2.82 bits per heavy atom. The van der Waals surface area contributed by atoms with Crippen molar-refractivity contribution in [3.8, 4) is 0 Å². The van der Waals surface area contributed by atoms with Crippen LogP contribution >= 0.6 is 11.8 Å². The molecule has 1 rings (SSSR count). The highest BCUT2D eigenvalue weighted by Crippen LogP contribution is 2.15. The molecule has 17 heavy (non-hydrogen) atoms. The highest BCUT2D eigenvalue weighted by molar-refractivity contribution is 7.99. The normalized spacial score (nSPS) is 12.6. The molecule has 0 bridgehead atoms. The third-order valence-electron chi connectivity index (χ3n) is 2.03. The Bertz CT molecular complexity index is 346. The number of carboxylic acid groups (broad SMARTS) is 1. The Morgan fingerprint density at radius 2 is 2.29 bits per heavy atom. The molecule has 94 valence electrons. The number of aliphatic carboxylic acids is 1. The zero-order chi connectivity index (χ0) is 12.7. The van der Waals surface area contributed by atoms with Gasteiger partial charge in [0.15, 0.2) is 0 Å². The third kappa shape index (κ3) is 5.65. The first-order chi connectivity index (χ1) is 8.09.